The van der Waals surface area contributed by atoms with E-state index in [-0.39, 0.29) is 16.6 Å². The maximum atomic E-state index is 13.1. The number of nitrogens with two attached hydrogens (primary N) is 1. The van der Waals surface area contributed by atoms with Gasteiger partial charge < -0.3 is 5.73 Å². The van der Waals surface area contributed by atoms with Crippen LogP contribution in [0.15, 0.2) is 23.1 Å². The smallest absolute Gasteiger partial charge is 0.242 e. The molecule has 0 radical (unpaired) electrons. The Morgan fingerprint density at radius 1 is 1.50 bits per heavy atom. The Bertz CT molecular complexity index is 545. The van der Waals surface area contributed by atoms with E-state index >= 15 is 0 Å². The van der Waals surface area contributed by atoms with Crippen molar-refractivity contribution in [3.05, 3.63) is 24.0 Å². The topological polar surface area (TPSA) is 72.2 Å². The SMILES string of the molecule is CCCC1CC1NS(=O)(=O)c1cc(F)ccc1N. The van der Waals surface area contributed by atoms with E-state index in [0.717, 1.165) is 31.4 Å². The van der Waals surface area contributed by atoms with E-state index in [1.54, 1.807) is 0 Å². The Kier molecular flexibility index (Phi) is 3.59. The highest BCUT2D eigenvalue weighted by atomic mass is 32.2. The zero-order valence-corrected chi connectivity index (χ0v) is 11.0. The fourth-order valence-corrected chi connectivity index (χ4v) is 3.55. The number of halogens is 1. The lowest BCUT2D eigenvalue weighted by atomic mass is 10.2. The number of benzene rings is 1. The summed E-state index contributed by atoms with van der Waals surface area (Å²) in [6.45, 7) is 2.06. The Morgan fingerprint density at radius 3 is 2.89 bits per heavy atom. The van der Waals surface area contributed by atoms with Gasteiger partial charge in [0.05, 0.1) is 5.69 Å². The second kappa shape index (κ2) is 4.85. The van der Waals surface area contributed by atoms with Gasteiger partial charge in [0.2, 0.25) is 10.0 Å². The van der Waals surface area contributed by atoms with Crippen LogP contribution in [0, 0.1) is 11.7 Å². The number of nitrogens with one attached hydrogen (secondary N) is 1. The molecule has 0 spiro atoms. The number of anilines is 1. The largest absolute Gasteiger partial charge is 0.398 e. The van der Waals surface area contributed by atoms with Gasteiger partial charge in [-0.25, -0.2) is 17.5 Å². The first-order valence-electron chi connectivity index (χ1n) is 6.01. The number of hydrogen-bond donors (Lipinski definition) is 2. The van der Waals surface area contributed by atoms with Crippen molar-refractivity contribution in [3.63, 3.8) is 0 Å². The maximum absolute atomic E-state index is 13.1. The molecule has 2 rings (SSSR count). The lowest BCUT2D eigenvalue weighted by Crippen LogP contribution is -2.28. The van der Waals surface area contributed by atoms with Crippen molar-refractivity contribution in [2.75, 3.05) is 5.73 Å². The molecule has 2 unspecified atom stereocenters. The molecule has 0 aromatic heterocycles. The second-order valence-electron chi connectivity index (χ2n) is 4.69. The molecule has 1 aliphatic rings. The van der Waals surface area contributed by atoms with E-state index in [0.29, 0.717) is 5.92 Å². The molecule has 4 nitrogen and oxygen atoms in total. The molecule has 1 aromatic carbocycles. The van der Waals surface area contributed by atoms with Crippen molar-refractivity contribution in [2.24, 2.45) is 5.92 Å². The van der Waals surface area contributed by atoms with Gasteiger partial charge in [-0.2, -0.15) is 0 Å². The molecule has 3 N–H and O–H groups in total. The summed E-state index contributed by atoms with van der Waals surface area (Å²) in [7, 11) is -3.72. The average Bonchev–Trinajstić information content (AvgIpc) is 2.99. The minimum absolute atomic E-state index is 0.0300. The first kappa shape index (κ1) is 13.3. The summed E-state index contributed by atoms with van der Waals surface area (Å²) in [5, 5.41) is 0. The predicted molar refractivity (Wildman–Crippen MR) is 67.9 cm³/mol. The van der Waals surface area contributed by atoms with Crippen molar-refractivity contribution in [1.82, 2.24) is 4.72 Å². The Hall–Kier alpha value is -1.14. The predicted octanol–water partition coefficient (Wildman–Crippen LogP) is 1.87. The fraction of sp³-hybridized carbons (Fsp3) is 0.500. The van der Waals surface area contributed by atoms with E-state index in [1.807, 2.05) is 0 Å². The minimum Gasteiger partial charge on any atom is -0.398 e. The molecule has 6 heteroatoms. The molecule has 1 aliphatic carbocycles. The summed E-state index contributed by atoms with van der Waals surface area (Å²) in [4.78, 5) is -0.176. The highest BCUT2D eigenvalue weighted by molar-refractivity contribution is 7.89. The van der Waals surface area contributed by atoms with E-state index < -0.39 is 15.8 Å². The minimum atomic E-state index is -3.72. The van der Waals surface area contributed by atoms with Crippen LogP contribution in [0.1, 0.15) is 26.2 Å². The summed E-state index contributed by atoms with van der Waals surface area (Å²) >= 11 is 0. The van der Waals surface area contributed by atoms with Crippen molar-refractivity contribution in [2.45, 2.75) is 37.1 Å². The van der Waals surface area contributed by atoms with Crippen LogP contribution in [0.5, 0.6) is 0 Å². The zero-order valence-electron chi connectivity index (χ0n) is 10.2. The quantitative estimate of drug-likeness (QED) is 0.804. The monoisotopic (exact) mass is 272 g/mol. The van der Waals surface area contributed by atoms with Crippen LogP contribution in [0.3, 0.4) is 0 Å². The van der Waals surface area contributed by atoms with Gasteiger partial charge in [-0.1, -0.05) is 13.3 Å². The lowest BCUT2D eigenvalue weighted by Gasteiger charge is -2.08. The molecule has 18 heavy (non-hydrogen) atoms. The van der Waals surface area contributed by atoms with E-state index in [4.69, 9.17) is 5.73 Å². The normalized spacial score (nSPS) is 23.0. The summed E-state index contributed by atoms with van der Waals surface area (Å²) in [6, 6.07) is 3.33. The van der Waals surface area contributed by atoms with Gasteiger partial charge in [-0.3, -0.25) is 0 Å². The highest BCUT2D eigenvalue weighted by Gasteiger charge is 2.39. The summed E-state index contributed by atoms with van der Waals surface area (Å²) in [5.41, 5.74) is 5.65. The molecule has 0 amide bonds. The fourth-order valence-electron chi connectivity index (χ4n) is 2.09. The third-order valence-electron chi connectivity index (χ3n) is 3.15. The molecule has 2 atom stereocenters. The molecule has 0 saturated heterocycles. The second-order valence-corrected chi connectivity index (χ2v) is 6.38. The van der Waals surface area contributed by atoms with E-state index in [2.05, 4.69) is 11.6 Å². The molecule has 100 valence electrons. The first-order valence-corrected chi connectivity index (χ1v) is 7.49. The molecule has 1 saturated carbocycles. The van der Waals surface area contributed by atoms with Crippen molar-refractivity contribution < 1.29 is 12.8 Å². The zero-order chi connectivity index (χ0) is 13.3. The molecule has 1 fully saturated rings. The maximum Gasteiger partial charge on any atom is 0.242 e. The van der Waals surface area contributed by atoms with Crippen molar-refractivity contribution in [1.29, 1.82) is 0 Å². The van der Waals surface area contributed by atoms with Gasteiger partial charge in [0.15, 0.2) is 0 Å². The number of rotatable bonds is 5. The Morgan fingerprint density at radius 2 is 2.22 bits per heavy atom. The van der Waals surface area contributed by atoms with Crippen LogP contribution in [-0.2, 0) is 10.0 Å². The highest BCUT2D eigenvalue weighted by Crippen LogP contribution is 2.36. The number of hydrogen-bond acceptors (Lipinski definition) is 3. The van der Waals surface area contributed by atoms with Gasteiger partial charge in [0.1, 0.15) is 10.7 Å². The van der Waals surface area contributed by atoms with Gasteiger partial charge in [0, 0.05) is 6.04 Å². The van der Waals surface area contributed by atoms with Crippen LogP contribution in [-0.4, -0.2) is 14.5 Å². The van der Waals surface area contributed by atoms with Crippen LogP contribution in [0.25, 0.3) is 0 Å². The average molecular weight is 272 g/mol. The van der Waals surface area contributed by atoms with Crippen LogP contribution >= 0.6 is 0 Å². The Balaban J connectivity index is 2.14. The standard InChI is InChI=1S/C12H17FN2O2S/c1-2-3-8-6-11(8)15-18(16,17)12-7-9(13)4-5-10(12)14/h4-5,7-8,11,15H,2-3,6,14H2,1H3. The molecule has 0 heterocycles. The number of nitrogen functional groups attached to an aromatic ring is 1. The molecular weight excluding hydrogens is 255 g/mol. The van der Waals surface area contributed by atoms with Crippen LogP contribution in [0.2, 0.25) is 0 Å². The van der Waals surface area contributed by atoms with Gasteiger partial charge in [0.25, 0.3) is 0 Å². The van der Waals surface area contributed by atoms with E-state index in [9.17, 15) is 12.8 Å². The van der Waals surface area contributed by atoms with Gasteiger partial charge in [-0.15, -0.1) is 0 Å². The van der Waals surface area contributed by atoms with Gasteiger partial charge in [-0.05, 0) is 37.0 Å². The third kappa shape index (κ3) is 2.81. The third-order valence-corrected chi connectivity index (χ3v) is 4.70. The Labute approximate surface area is 106 Å². The summed E-state index contributed by atoms with van der Waals surface area (Å²) < 4.78 is 39.8. The summed E-state index contributed by atoms with van der Waals surface area (Å²) in [5.74, 6) is -0.204. The van der Waals surface area contributed by atoms with E-state index in [1.165, 1.54) is 6.07 Å². The molecule has 0 bridgehead atoms. The van der Waals surface area contributed by atoms with Crippen LogP contribution < -0.4 is 10.5 Å². The summed E-state index contributed by atoms with van der Waals surface area (Å²) in [6.07, 6.45) is 2.89. The first-order chi connectivity index (χ1) is 8.44. The number of sulfonamides is 1. The molecule has 0 aliphatic heterocycles. The lowest BCUT2D eigenvalue weighted by molar-refractivity contribution is 0.570. The van der Waals surface area contributed by atoms with Crippen LogP contribution in [0.4, 0.5) is 10.1 Å². The molecular formula is C12H17FN2O2S. The van der Waals surface area contributed by atoms with Crippen molar-refractivity contribution in [3.8, 4) is 0 Å². The van der Waals surface area contributed by atoms with Crippen molar-refractivity contribution >= 4 is 15.7 Å². The molecule has 1 aromatic rings. The van der Waals surface area contributed by atoms with Gasteiger partial charge >= 0.3 is 0 Å².